The lowest BCUT2D eigenvalue weighted by Gasteiger charge is -2.26. The lowest BCUT2D eigenvalue weighted by atomic mass is 9.82. The molecule has 0 saturated heterocycles. The number of fused-ring (bicyclic) bond motifs is 1. The molecule has 0 bridgehead atoms. The molecule has 160 valence electrons. The first kappa shape index (κ1) is 20.3. The molecule has 4 aromatic rings. The van der Waals surface area contributed by atoms with Gasteiger partial charge in [-0.05, 0) is 61.7 Å². The number of para-hydroxylation sites is 1. The number of allylic oxidation sites excluding steroid dienone is 2. The molecule has 1 N–H and O–H groups in total. The predicted octanol–water partition coefficient (Wildman–Crippen LogP) is 5.88. The van der Waals surface area contributed by atoms with Gasteiger partial charge in [0.05, 0.1) is 21.1 Å². The highest BCUT2D eigenvalue weighted by atomic mass is 32.1. The number of hydrogen-bond donors (Lipinski definition) is 1. The summed E-state index contributed by atoms with van der Waals surface area (Å²) in [6.07, 6.45) is 9.04. The fourth-order valence-corrected chi connectivity index (χ4v) is 5.08. The Morgan fingerprint density at radius 2 is 1.88 bits per heavy atom. The van der Waals surface area contributed by atoms with Crippen LogP contribution in [0.3, 0.4) is 0 Å². The van der Waals surface area contributed by atoms with Gasteiger partial charge in [0.25, 0.3) is 0 Å². The van der Waals surface area contributed by atoms with Gasteiger partial charge in [-0.3, -0.25) is 4.79 Å². The van der Waals surface area contributed by atoms with Gasteiger partial charge in [-0.15, -0.1) is 11.3 Å². The number of hydrogen-bond acceptors (Lipinski definition) is 6. The molecule has 2 aromatic heterocycles. The summed E-state index contributed by atoms with van der Waals surface area (Å²) in [6, 6.07) is 15.7. The van der Waals surface area contributed by atoms with Gasteiger partial charge in [0.1, 0.15) is 5.75 Å². The van der Waals surface area contributed by atoms with Crippen molar-refractivity contribution in [2.24, 2.45) is 5.92 Å². The van der Waals surface area contributed by atoms with Gasteiger partial charge >= 0.3 is 6.01 Å². The van der Waals surface area contributed by atoms with Crippen molar-refractivity contribution in [2.75, 3.05) is 5.32 Å². The molecular formula is C25H22N4O2S. The van der Waals surface area contributed by atoms with Crippen LogP contribution in [0.25, 0.3) is 10.2 Å². The largest absolute Gasteiger partial charge is 0.424 e. The van der Waals surface area contributed by atoms with Crippen molar-refractivity contribution in [3.63, 3.8) is 0 Å². The standard InChI is InChI=1S/C25H22N4O2S/c1-16-15-17(31-25-26-13-6-14-27-25)11-12-20(16)28-23(30)18-7-2-3-8-19(18)24-29-21-9-4-5-10-22(21)32-24/h2-6,9-15,18-19H,7-8H2,1H3,(H,28,30). The first-order valence-electron chi connectivity index (χ1n) is 10.5. The molecule has 0 radical (unpaired) electrons. The zero-order chi connectivity index (χ0) is 21.9. The fraction of sp³-hybridized carbons (Fsp3) is 0.200. The second-order valence-electron chi connectivity index (χ2n) is 7.78. The number of aryl methyl sites for hydroxylation is 1. The summed E-state index contributed by atoms with van der Waals surface area (Å²) in [6.45, 7) is 1.94. The van der Waals surface area contributed by atoms with Gasteiger partial charge in [-0.25, -0.2) is 15.0 Å². The molecule has 0 fully saturated rings. The third-order valence-corrected chi connectivity index (χ3v) is 6.77. The number of carbonyl (C=O) groups excluding carboxylic acids is 1. The Bertz CT molecular complexity index is 1250. The molecule has 2 atom stereocenters. The maximum Gasteiger partial charge on any atom is 0.321 e. The lowest BCUT2D eigenvalue weighted by molar-refractivity contribution is -0.120. The van der Waals surface area contributed by atoms with E-state index in [2.05, 4.69) is 33.5 Å². The first-order valence-corrected chi connectivity index (χ1v) is 11.4. The Labute approximate surface area is 190 Å². The highest BCUT2D eigenvalue weighted by Crippen LogP contribution is 2.39. The quantitative estimate of drug-likeness (QED) is 0.391. The summed E-state index contributed by atoms with van der Waals surface area (Å²) in [5.41, 5.74) is 2.68. The molecule has 2 heterocycles. The maximum absolute atomic E-state index is 13.3. The van der Waals surface area contributed by atoms with Gasteiger partial charge < -0.3 is 10.1 Å². The number of amides is 1. The van der Waals surface area contributed by atoms with Gasteiger partial charge in [0.15, 0.2) is 0 Å². The number of nitrogens with zero attached hydrogens (tertiary/aromatic N) is 3. The smallest absolute Gasteiger partial charge is 0.321 e. The molecule has 1 aliphatic carbocycles. The van der Waals surface area contributed by atoms with Crippen molar-refractivity contribution in [1.82, 2.24) is 15.0 Å². The van der Waals surface area contributed by atoms with E-state index in [-0.39, 0.29) is 23.8 Å². The van der Waals surface area contributed by atoms with E-state index < -0.39 is 0 Å². The lowest BCUT2D eigenvalue weighted by Crippen LogP contribution is -2.29. The summed E-state index contributed by atoms with van der Waals surface area (Å²) < 4.78 is 6.85. The average Bonchev–Trinajstić information content (AvgIpc) is 3.26. The average molecular weight is 443 g/mol. The minimum absolute atomic E-state index is 0.0155. The van der Waals surface area contributed by atoms with Gasteiger partial charge in [-0.1, -0.05) is 24.3 Å². The second-order valence-corrected chi connectivity index (χ2v) is 8.84. The Morgan fingerprint density at radius 3 is 2.69 bits per heavy atom. The Hall–Kier alpha value is -3.58. The van der Waals surface area contributed by atoms with Crippen molar-refractivity contribution >= 4 is 33.1 Å². The van der Waals surface area contributed by atoms with Crippen LogP contribution in [0.4, 0.5) is 5.69 Å². The van der Waals surface area contributed by atoms with Crippen LogP contribution in [0.5, 0.6) is 11.8 Å². The number of benzene rings is 2. The highest BCUT2D eigenvalue weighted by molar-refractivity contribution is 7.18. The molecular weight excluding hydrogens is 420 g/mol. The summed E-state index contributed by atoms with van der Waals surface area (Å²) in [4.78, 5) is 26.2. The Balaban J connectivity index is 1.33. The predicted molar refractivity (Wildman–Crippen MR) is 126 cm³/mol. The molecule has 32 heavy (non-hydrogen) atoms. The van der Waals surface area contributed by atoms with E-state index >= 15 is 0 Å². The molecule has 6 nitrogen and oxygen atoms in total. The van der Waals surface area contributed by atoms with E-state index in [9.17, 15) is 4.79 Å². The Kier molecular flexibility index (Phi) is 5.64. The van der Waals surface area contributed by atoms with Crippen LogP contribution in [-0.4, -0.2) is 20.9 Å². The number of carbonyl (C=O) groups is 1. The van der Waals surface area contributed by atoms with Gasteiger partial charge in [0, 0.05) is 24.0 Å². The van der Waals surface area contributed by atoms with E-state index in [1.807, 2.05) is 43.3 Å². The molecule has 0 saturated carbocycles. The third-order valence-electron chi connectivity index (χ3n) is 5.60. The molecule has 1 amide bonds. The highest BCUT2D eigenvalue weighted by Gasteiger charge is 2.32. The SMILES string of the molecule is Cc1cc(Oc2ncccn2)ccc1NC(=O)C1CC=CCC1c1nc2ccccc2s1. The molecule has 7 heteroatoms. The number of anilines is 1. The zero-order valence-electron chi connectivity index (χ0n) is 17.6. The van der Waals surface area contributed by atoms with Crippen LogP contribution in [-0.2, 0) is 4.79 Å². The van der Waals surface area contributed by atoms with Crippen LogP contribution >= 0.6 is 11.3 Å². The number of aromatic nitrogens is 3. The molecule has 2 aromatic carbocycles. The van der Waals surface area contributed by atoms with Crippen molar-refractivity contribution < 1.29 is 9.53 Å². The summed E-state index contributed by atoms with van der Waals surface area (Å²) >= 11 is 1.68. The van der Waals surface area contributed by atoms with Crippen LogP contribution in [0.1, 0.15) is 29.3 Å². The summed E-state index contributed by atoms with van der Waals surface area (Å²) in [5, 5.41) is 4.15. The second kappa shape index (κ2) is 8.88. The van der Waals surface area contributed by atoms with Crippen LogP contribution < -0.4 is 10.1 Å². The topological polar surface area (TPSA) is 77.0 Å². The number of nitrogens with one attached hydrogen (secondary N) is 1. The van der Waals surface area contributed by atoms with Crippen molar-refractivity contribution in [1.29, 1.82) is 0 Å². The summed E-state index contributed by atoms with van der Waals surface area (Å²) in [5.74, 6) is 0.561. The number of thiazole rings is 1. The normalized spacial score (nSPS) is 17.9. The first-order chi connectivity index (χ1) is 15.7. The van der Waals surface area contributed by atoms with Gasteiger partial charge in [-0.2, -0.15) is 0 Å². The van der Waals surface area contributed by atoms with E-state index in [0.717, 1.165) is 32.9 Å². The van der Waals surface area contributed by atoms with E-state index in [1.54, 1.807) is 29.8 Å². The van der Waals surface area contributed by atoms with Crippen molar-refractivity contribution in [3.05, 3.63) is 83.6 Å². The fourth-order valence-electron chi connectivity index (χ4n) is 3.93. The van der Waals surface area contributed by atoms with E-state index in [0.29, 0.717) is 12.2 Å². The van der Waals surface area contributed by atoms with E-state index in [1.165, 1.54) is 0 Å². The van der Waals surface area contributed by atoms with Gasteiger partial charge in [0.2, 0.25) is 5.91 Å². The number of rotatable bonds is 5. The van der Waals surface area contributed by atoms with Crippen LogP contribution in [0.15, 0.2) is 73.1 Å². The minimum atomic E-state index is -0.159. The van der Waals surface area contributed by atoms with E-state index in [4.69, 9.17) is 9.72 Å². The molecule has 5 rings (SSSR count). The monoisotopic (exact) mass is 442 g/mol. The van der Waals surface area contributed by atoms with Crippen LogP contribution in [0.2, 0.25) is 0 Å². The van der Waals surface area contributed by atoms with Crippen molar-refractivity contribution in [2.45, 2.75) is 25.7 Å². The minimum Gasteiger partial charge on any atom is -0.424 e. The summed E-state index contributed by atoms with van der Waals surface area (Å²) in [7, 11) is 0. The molecule has 0 spiro atoms. The van der Waals surface area contributed by atoms with Crippen LogP contribution in [0, 0.1) is 12.8 Å². The number of ether oxygens (including phenoxy) is 1. The molecule has 2 unspecified atom stereocenters. The Morgan fingerprint density at radius 1 is 1.06 bits per heavy atom. The molecule has 0 aliphatic heterocycles. The zero-order valence-corrected chi connectivity index (χ0v) is 18.4. The van der Waals surface area contributed by atoms with Crippen molar-refractivity contribution in [3.8, 4) is 11.8 Å². The maximum atomic E-state index is 13.3. The third kappa shape index (κ3) is 4.24. The molecule has 1 aliphatic rings.